The molecule has 2 aromatic rings. The number of hydrogen-bond acceptors (Lipinski definition) is 5. The van der Waals surface area contributed by atoms with Crippen LogP contribution in [-0.4, -0.2) is 63.8 Å². The van der Waals surface area contributed by atoms with Crippen LogP contribution in [0.3, 0.4) is 0 Å². The summed E-state index contributed by atoms with van der Waals surface area (Å²) >= 11 is 1.14. The highest BCUT2D eigenvalue weighted by atomic mass is 32.2. The number of hydrogen-bond donors (Lipinski definition) is 0. The molecule has 0 bridgehead atoms. The lowest BCUT2D eigenvalue weighted by atomic mass is 10.2. The monoisotopic (exact) mass is 397 g/mol. The summed E-state index contributed by atoms with van der Waals surface area (Å²) in [6.45, 7) is 2.35. The molecule has 2 heterocycles. The zero-order valence-electron chi connectivity index (χ0n) is 14.6. The van der Waals surface area contributed by atoms with E-state index in [0.29, 0.717) is 31.1 Å². The van der Waals surface area contributed by atoms with E-state index in [0.717, 1.165) is 21.3 Å². The van der Waals surface area contributed by atoms with E-state index in [4.69, 9.17) is 0 Å². The third kappa shape index (κ3) is 3.74. The van der Waals surface area contributed by atoms with Crippen LogP contribution in [0.25, 0.3) is 0 Å². The molecule has 26 heavy (non-hydrogen) atoms. The van der Waals surface area contributed by atoms with Crippen molar-refractivity contribution in [2.24, 2.45) is 0 Å². The first kappa shape index (κ1) is 18.8. The number of thiophene rings is 1. The summed E-state index contributed by atoms with van der Waals surface area (Å²) in [6, 6.07) is 7.74. The molecule has 3 rings (SSSR count). The predicted molar refractivity (Wildman–Crippen MR) is 99.7 cm³/mol. The fraction of sp³-hybridized carbons (Fsp3) is 0.353. The van der Waals surface area contributed by atoms with Gasteiger partial charge in [-0.3, -0.25) is 4.79 Å². The molecule has 6 nitrogen and oxygen atoms in total. The largest absolute Gasteiger partial charge is 0.368 e. The highest BCUT2D eigenvalue weighted by molar-refractivity contribution is 7.89. The summed E-state index contributed by atoms with van der Waals surface area (Å²) in [5.74, 6) is -0.433. The van der Waals surface area contributed by atoms with E-state index < -0.39 is 10.0 Å². The van der Waals surface area contributed by atoms with Crippen LogP contribution in [0, 0.1) is 5.82 Å². The van der Waals surface area contributed by atoms with E-state index >= 15 is 0 Å². The van der Waals surface area contributed by atoms with Gasteiger partial charge in [-0.25, -0.2) is 17.1 Å². The van der Waals surface area contributed by atoms with E-state index in [1.165, 1.54) is 37.7 Å². The lowest BCUT2D eigenvalue weighted by Crippen LogP contribution is -2.48. The van der Waals surface area contributed by atoms with Crippen LogP contribution in [-0.2, 0) is 10.0 Å². The van der Waals surface area contributed by atoms with Crippen LogP contribution in [0.1, 0.15) is 9.67 Å². The Balaban J connectivity index is 1.66. The fourth-order valence-corrected chi connectivity index (χ4v) is 4.88. The number of nitrogens with zero attached hydrogens (tertiary/aromatic N) is 3. The van der Waals surface area contributed by atoms with Crippen LogP contribution in [0.4, 0.5) is 10.1 Å². The molecule has 1 aromatic carbocycles. The summed E-state index contributed by atoms with van der Waals surface area (Å²) in [7, 11) is -0.612. The number of halogens is 1. The number of carbonyl (C=O) groups is 1. The van der Waals surface area contributed by atoms with Gasteiger partial charge in [0.15, 0.2) is 0 Å². The van der Waals surface area contributed by atoms with Gasteiger partial charge >= 0.3 is 0 Å². The molecule has 1 aromatic heterocycles. The van der Waals surface area contributed by atoms with Crippen LogP contribution >= 0.6 is 11.3 Å². The SMILES string of the molecule is CN(C)S(=O)(=O)c1csc(C(=O)N2CCN(c3ccc(F)cc3)CC2)c1. The number of rotatable bonds is 4. The van der Waals surface area contributed by atoms with Gasteiger partial charge in [-0.1, -0.05) is 0 Å². The summed E-state index contributed by atoms with van der Waals surface area (Å²) in [5, 5.41) is 1.50. The normalized spacial score (nSPS) is 15.5. The zero-order chi connectivity index (χ0) is 18.9. The number of sulfonamides is 1. The first-order valence-corrected chi connectivity index (χ1v) is 10.4. The van der Waals surface area contributed by atoms with E-state index in [9.17, 15) is 17.6 Å². The van der Waals surface area contributed by atoms with Crippen molar-refractivity contribution in [1.29, 1.82) is 0 Å². The summed E-state index contributed by atoms with van der Waals surface area (Å²) in [6.07, 6.45) is 0. The van der Waals surface area contributed by atoms with Gasteiger partial charge in [-0.2, -0.15) is 0 Å². The van der Waals surface area contributed by atoms with Gasteiger partial charge in [0.1, 0.15) is 5.82 Å². The summed E-state index contributed by atoms with van der Waals surface area (Å²) < 4.78 is 38.4. The van der Waals surface area contributed by atoms with Crippen LogP contribution in [0.5, 0.6) is 0 Å². The molecule has 9 heteroatoms. The average Bonchev–Trinajstić information content (AvgIpc) is 3.13. The minimum atomic E-state index is -3.53. The summed E-state index contributed by atoms with van der Waals surface area (Å²) in [5.41, 5.74) is 0.925. The maximum absolute atomic E-state index is 13.0. The fourth-order valence-electron chi connectivity index (χ4n) is 2.75. The second kappa shape index (κ2) is 7.34. The van der Waals surface area contributed by atoms with Gasteiger partial charge in [0.05, 0.1) is 9.77 Å². The smallest absolute Gasteiger partial charge is 0.264 e. The molecule has 0 radical (unpaired) electrons. The Bertz CT molecular complexity index is 886. The topological polar surface area (TPSA) is 60.9 Å². The lowest BCUT2D eigenvalue weighted by molar-refractivity contribution is 0.0751. The Morgan fingerprint density at radius 2 is 1.73 bits per heavy atom. The zero-order valence-corrected chi connectivity index (χ0v) is 16.2. The third-order valence-electron chi connectivity index (χ3n) is 4.32. The van der Waals surface area contributed by atoms with Crippen molar-refractivity contribution in [2.45, 2.75) is 4.90 Å². The Morgan fingerprint density at radius 1 is 1.12 bits per heavy atom. The average molecular weight is 397 g/mol. The standard InChI is InChI=1S/C17H20FN3O3S2/c1-19(2)26(23,24)15-11-16(25-12-15)17(22)21-9-7-20(8-10-21)14-5-3-13(18)4-6-14/h3-6,11-12H,7-10H2,1-2H3. The second-order valence-electron chi connectivity index (χ2n) is 6.19. The first-order valence-electron chi connectivity index (χ1n) is 8.10. The summed E-state index contributed by atoms with van der Waals surface area (Å²) in [4.78, 5) is 17.0. The molecule has 1 amide bonds. The minimum Gasteiger partial charge on any atom is -0.368 e. The number of carbonyl (C=O) groups excluding carboxylic acids is 1. The van der Waals surface area contributed by atoms with Gasteiger partial charge < -0.3 is 9.80 Å². The van der Waals surface area contributed by atoms with Crippen molar-refractivity contribution in [3.63, 3.8) is 0 Å². The lowest BCUT2D eigenvalue weighted by Gasteiger charge is -2.36. The molecular formula is C17H20FN3O3S2. The molecule has 1 saturated heterocycles. The maximum atomic E-state index is 13.0. The highest BCUT2D eigenvalue weighted by Crippen LogP contribution is 2.24. The van der Waals surface area contributed by atoms with Gasteiger partial charge in [-0.15, -0.1) is 11.3 Å². The molecule has 0 aliphatic carbocycles. The molecule has 0 spiro atoms. The molecule has 1 fully saturated rings. The van der Waals surface area contributed by atoms with Crippen molar-refractivity contribution in [2.75, 3.05) is 45.2 Å². The Hall–Kier alpha value is -1.97. The maximum Gasteiger partial charge on any atom is 0.264 e. The van der Waals surface area contributed by atoms with Crippen molar-refractivity contribution in [3.05, 3.63) is 46.4 Å². The van der Waals surface area contributed by atoms with Crippen LogP contribution < -0.4 is 4.90 Å². The Kier molecular flexibility index (Phi) is 5.31. The highest BCUT2D eigenvalue weighted by Gasteiger charge is 2.26. The Labute approximate surface area is 156 Å². The molecular weight excluding hydrogens is 377 g/mol. The van der Waals surface area contributed by atoms with Gasteiger partial charge in [-0.05, 0) is 30.3 Å². The molecule has 0 N–H and O–H groups in total. The first-order chi connectivity index (χ1) is 12.3. The van der Waals surface area contributed by atoms with Crippen molar-refractivity contribution < 1.29 is 17.6 Å². The van der Waals surface area contributed by atoms with Crippen LogP contribution in [0.2, 0.25) is 0 Å². The number of piperazine rings is 1. The second-order valence-corrected chi connectivity index (χ2v) is 9.25. The molecule has 1 aliphatic heterocycles. The molecule has 1 aliphatic rings. The molecule has 0 saturated carbocycles. The van der Waals surface area contributed by atoms with E-state index in [1.807, 2.05) is 0 Å². The Morgan fingerprint density at radius 3 is 2.31 bits per heavy atom. The van der Waals surface area contributed by atoms with Crippen molar-refractivity contribution >= 4 is 33.0 Å². The van der Waals surface area contributed by atoms with E-state index in [-0.39, 0.29) is 16.6 Å². The molecule has 0 unspecified atom stereocenters. The number of benzene rings is 1. The van der Waals surface area contributed by atoms with E-state index in [1.54, 1.807) is 17.0 Å². The number of anilines is 1. The van der Waals surface area contributed by atoms with Crippen molar-refractivity contribution in [3.8, 4) is 0 Å². The van der Waals surface area contributed by atoms with Gasteiger partial charge in [0.25, 0.3) is 5.91 Å². The third-order valence-corrected chi connectivity index (χ3v) is 7.18. The predicted octanol–water partition coefficient (Wildman–Crippen LogP) is 2.10. The van der Waals surface area contributed by atoms with Gasteiger partial charge in [0.2, 0.25) is 10.0 Å². The minimum absolute atomic E-state index is 0.140. The quantitative estimate of drug-likeness (QED) is 0.793. The van der Waals surface area contributed by atoms with Crippen LogP contribution in [0.15, 0.2) is 40.6 Å². The molecule has 140 valence electrons. The molecule has 0 atom stereocenters. The van der Waals surface area contributed by atoms with E-state index in [2.05, 4.69) is 4.90 Å². The number of amides is 1. The van der Waals surface area contributed by atoms with Gasteiger partial charge in [0, 0.05) is 51.3 Å². The van der Waals surface area contributed by atoms with Crippen molar-refractivity contribution in [1.82, 2.24) is 9.21 Å².